The van der Waals surface area contributed by atoms with E-state index >= 15 is 0 Å². The van der Waals surface area contributed by atoms with Crippen LogP contribution in [-0.2, 0) is 11.2 Å². The van der Waals surface area contributed by atoms with Gasteiger partial charge in [-0.05, 0) is 30.9 Å². The maximum atomic E-state index is 11.9. The summed E-state index contributed by atoms with van der Waals surface area (Å²) < 4.78 is 0. The van der Waals surface area contributed by atoms with Gasteiger partial charge in [-0.2, -0.15) is 0 Å². The van der Waals surface area contributed by atoms with Crippen LogP contribution in [0.15, 0.2) is 30.5 Å². The number of carbonyl (C=O) groups excluding carboxylic acids is 2. The Balaban J connectivity index is 1.34. The smallest absolute Gasteiger partial charge is 0.314 e. The number of nitrogens with zero attached hydrogens (tertiary/aromatic N) is 1. The molecular weight excluding hydrogens is 304 g/mol. The van der Waals surface area contributed by atoms with Gasteiger partial charge in [0, 0.05) is 49.7 Å². The van der Waals surface area contributed by atoms with Crippen LogP contribution in [0.3, 0.4) is 0 Å². The van der Waals surface area contributed by atoms with Gasteiger partial charge < -0.3 is 20.5 Å². The van der Waals surface area contributed by atoms with Crippen LogP contribution in [0, 0.1) is 0 Å². The largest absolute Gasteiger partial charge is 0.361 e. The minimum Gasteiger partial charge on any atom is -0.361 e. The molecule has 0 unspecified atom stereocenters. The van der Waals surface area contributed by atoms with Crippen LogP contribution < -0.4 is 10.6 Å². The topological polar surface area (TPSA) is 77.2 Å². The third-order valence-electron chi connectivity index (χ3n) is 4.44. The summed E-state index contributed by atoms with van der Waals surface area (Å²) in [6, 6.07) is 7.90. The highest BCUT2D eigenvalue weighted by molar-refractivity contribution is 5.83. The van der Waals surface area contributed by atoms with E-state index in [2.05, 4.69) is 21.7 Å². The Morgan fingerprint density at radius 2 is 1.83 bits per heavy atom. The Labute approximate surface area is 141 Å². The molecule has 1 fully saturated rings. The third kappa shape index (κ3) is 4.07. The number of aromatic amines is 1. The molecule has 3 N–H and O–H groups in total. The van der Waals surface area contributed by atoms with E-state index in [1.807, 2.05) is 29.3 Å². The predicted molar refractivity (Wildman–Crippen MR) is 93.8 cm³/mol. The number of urea groups is 1. The fourth-order valence-corrected chi connectivity index (χ4v) is 3.12. The molecule has 0 aliphatic carbocycles. The minimum absolute atomic E-state index is 0.131. The number of hydrogen-bond donors (Lipinski definition) is 3. The Morgan fingerprint density at radius 1 is 1.08 bits per heavy atom. The maximum absolute atomic E-state index is 11.9. The van der Waals surface area contributed by atoms with Crippen LogP contribution >= 0.6 is 0 Å². The normalized spacial score (nSPS) is 14.1. The highest BCUT2D eigenvalue weighted by Crippen LogP contribution is 2.17. The predicted octanol–water partition coefficient (Wildman–Crippen LogP) is 2.02. The molecule has 0 bridgehead atoms. The fraction of sp³-hybridized carbons (Fsp3) is 0.444. The van der Waals surface area contributed by atoms with Crippen molar-refractivity contribution in [3.05, 3.63) is 36.0 Å². The summed E-state index contributed by atoms with van der Waals surface area (Å²) >= 11 is 0. The molecule has 1 aliphatic rings. The van der Waals surface area contributed by atoms with Gasteiger partial charge in [0.15, 0.2) is 0 Å². The van der Waals surface area contributed by atoms with Crippen molar-refractivity contribution in [1.82, 2.24) is 20.5 Å². The molecule has 6 nitrogen and oxygen atoms in total. The first-order valence-corrected chi connectivity index (χ1v) is 8.58. The second kappa shape index (κ2) is 7.86. The highest BCUT2D eigenvalue weighted by atomic mass is 16.2. The standard InChI is InChI=1S/C18H24N4O2/c23-17(22-11-3-4-12-22)8-10-20-18(24)19-9-7-14-13-21-16-6-2-1-5-15(14)16/h1-2,5-6,13,21H,3-4,7-12H2,(H2,19,20,24). The average molecular weight is 328 g/mol. The molecule has 1 aromatic heterocycles. The van der Waals surface area contributed by atoms with E-state index in [0.29, 0.717) is 19.5 Å². The molecule has 6 heteroatoms. The SMILES string of the molecule is O=C(NCCC(=O)N1CCCC1)NCCc1c[nH]c2ccccc12. The van der Waals surface area contributed by atoms with Gasteiger partial charge in [-0.25, -0.2) is 4.79 Å². The van der Waals surface area contributed by atoms with Crippen LogP contribution in [0.5, 0.6) is 0 Å². The number of carbonyl (C=O) groups is 2. The maximum Gasteiger partial charge on any atom is 0.314 e. The molecule has 0 spiro atoms. The number of aromatic nitrogens is 1. The van der Waals surface area contributed by atoms with Gasteiger partial charge in [0.2, 0.25) is 5.91 Å². The van der Waals surface area contributed by atoms with Crippen LogP contribution in [0.2, 0.25) is 0 Å². The Kier molecular flexibility index (Phi) is 5.36. The first-order chi connectivity index (χ1) is 11.7. The zero-order valence-electron chi connectivity index (χ0n) is 13.8. The summed E-state index contributed by atoms with van der Waals surface area (Å²) in [6.07, 6.45) is 5.31. The number of fused-ring (bicyclic) bond motifs is 1. The van der Waals surface area contributed by atoms with Crippen molar-refractivity contribution in [2.75, 3.05) is 26.2 Å². The van der Waals surface area contributed by atoms with Gasteiger partial charge in [0.25, 0.3) is 0 Å². The molecule has 2 heterocycles. The fourth-order valence-electron chi connectivity index (χ4n) is 3.12. The van der Waals surface area contributed by atoms with E-state index in [1.54, 1.807) is 0 Å². The highest BCUT2D eigenvalue weighted by Gasteiger charge is 2.17. The Morgan fingerprint density at radius 3 is 2.67 bits per heavy atom. The first-order valence-electron chi connectivity index (χ1n) is 8.58. The summed E-state index contributed by atoms with van der Waals surface area (Å²) in [5.41, 5.74) is 2.30. The number of para-hydroxylation sites is 1. The van der Waals surface area contributed by atoms with Crippen LogP contribution in [-0.4, -0.2) is 48.0 Å². The summed E-state index contributed by atoms with van der Waals surface area (Å²) in [4.78, 5) is 28.8. The van der Waals surface area contributed by atoms with Crippen LogP contribution in [0.4, 0.5) is 4.79 Å². The van der Waals surface area contributed by atoms with E-state index in [1.165, 1.54) is 10.9 Å². The average Bonchev–Trinajstić information content (AvgIpc) is 3.25. The first kappa shape index (κ1) is 16.4. The van der Waals surface area contributed by atoms with Crippen molar-refractivity contribution >= 4 is 22.8 Å². The quantitative estimate of drug-likeness (QED) is 0.759. The van der Waals surface area contributed by atoms with Crippen molar-refractivity contribution in [2.24, 2.45) is 0 Å². The van der Waals surface area contributed by atoms with Crippen molar-refractivity contribution in [1.29, 1.82) is 0 Å². The van der Waals surface area contributed by atoms with Crippen molar-refractivity contribution in [3.8, 4) is 0 Å². The second-order valence-electron chi connectivity index (χ2n) is 6.13. The number of H-pyrrole nitrogens is 1. The minimum atomic E-state index is -0.218. The van der Waals surface area contributed by atoms with Gasteiger partial charge in [-0.15, -0.1) is 0 Å². The lowest BCUT2D eigenvalue weighted by atomic mass is 10.1. The van der Waals surface area contributed by atoms with Crippen molar-refractivity contribution < 1.29 is 9.59 Å². The second-order valence-corrected chi connectivity index (χ2v) is 6.13. The Bertz CT molecular complexity index is 704. The molecule has 1 aromatic carbocycles. The van der Waals surface area contributed by atoms with Gasteiger partial charge in [-0.3, -0.25) is 4.79 Å². The van der Waals surface area contributed by atoms with Crippen molar-refractivity contribution in [2.45, 2.75) is 25.7 Å². The van der Waals surface area contributed by atoms with Crippen LogP contribution in [0.25, 0.3) is 10.9 Å². The number of nitrogens with one attached hydrogen (secondary N) is 3. The molecule has 3 amide bonds. The third-order valence-corrected chi connectivity index (χ3v) is 4.44. The molecular formula is C18H24N4O2. The molecule has 0 atom stereocenters. The van der Waals surface area contributed by atoms with E-state index in [4.69, 9.17) is 0 Å². The van der Waals surface area contributed by atoms with E-state index in [-0.39, 0.29) is 11.9 Å². The lowest BCUT2D eigenvalue weighted by Crippen LogP contribution is -2.39. The molecule has 1 saturated heterocycles. The van der Waals surface area contributed by atoms with Crippen LogP contribution in [0.1, 0.15) is 24.8 Å². The molecule has 24 heavy (non-hydrogen) atoms. The zero-order valence-corrected chi connectivity index (χ0v) is 13.8. The lowest BCUT2D eigenvalue weighted by Gasteiger charge is -2.15. The zero-order chi connectivity index (χ0) is 16.8. The van der Waals surface area contributed by atoms with Gasteiger partial charge in [0.05, 0.1) is 0 Å². The lowest BCUT2D eigenvalue weighted by molar-refractivity contribution is -0.129. The number of benzene rings is 1. The number of hydrogen-bond acceptors (Lipinski definition) is 2. The summed E-state index contributed by atoms with van der Waals surface area (Å²) in [6.45, 7) is 2.66. The molecule has 2 aromatic rings. The molecule has 0 radical (unpaired) electrons. The Hall–Kier alpha value is -2.50. The summed E-state index contributed by atoms with van der Waals surface area (Å²) in [5.74, 6) is 0.131. The summed E-state index contributed by atoms with van der Waals surface area (Å²) in [5, 5.41) is 6.78. The van der Waals surface area contributed by atoms with Crippen molar-refractivity contribution in [3.63, 3.8) is 0 Å². The number of rotatable bonds is 6. The van der Waals surface area contributed by atoms with E-state index < -0.39 is 0 Å². The molecule has 128 valence electrons. The van der Waals surface area contributed by atoms with E-state index in [0.717, 1.165) is 37.9 Å². The van der Waals surface area contributed by atoms with E-state index in [9.17, 15) is 9.59 Å². The molecule has 1 aliphatic heterocycles. The monoisotopic (exact) mass is 328 g/mol. The number of amides is 3. The van der Waals surface area contributed by atoms with Gasteiger partial charge in [-0.1, -0.05) is 18.2 Å². The van der Waals surface area contributed by atoms with Gasteiger partial charge >= 0.3 is 6.03 Å². The summed E-state index contributed by atoms with van der Waals surface area (Å²) in [7, 11) is 0. The number of likely N-dealkylation sites (tertiary alicyclic amines) is 1. The molecule has 0 saturated carbocycles. The molecule has 3 rings (SSSR count). The van der Waals surface area contributed by atoms with Gasteiger partial charge in [0.1, 0.15) is 0 Å².